The second kappa shape index (κ2) is 9.41. The first-order valence-corrected chi connectivity index (χ1v) is 10.2. The SMILES string of the molecule is CCC(=O)Nc1cc(Oc2ccc(NC(=O)c3n[nH]c4ccc(C(F)(F)F)cc34)c(F)c2)ccn1. The number of aromatic amines is 1. The van der Waals surface area contributed by atoms with Crippen LogP contribution in [0.15, 0.2) is 54.7 Å². The summed E-state index contributed by atoms with van der Waals surface area (Å²) in [5.41, 5.74) is -1.26. The Morgan fingerprint density at radius 3 is 2.51 bits per heavy atom. The highest BCUT2D eigenvalue weighted by Gasteiger charge is 2.31. The summed E-state index contributed by atoms with van der Waals surface area (Å²) in [5.74, 6) is -1.34. The number of nitrogens with one attached hydrogen (secondary N) is 3. The van der Waals surface area contributed by atoms with Gasteiger partial charge in [0.2, 0.25) is 5.91 Å². The summed E-state index contributed by atoms with van der Waals surface area (Å²) in [6.45, 7) is 1.69. The highest BCUT2D eigenvalue weighted by Crippen LogP contribution is 2.32. The van der Waals surface area contributed by atoms with Gasteiger partial charge in [-0.2, -0.15) is 18.3 Å². The predicted molar refractivity (Wildman–Crippen MR) is 119 cm³/mol. The van der Waals surface area contributed by atoms with Crippen molar-refractivity contribution in [1.29, 1.82) is 0 Å². The van der Waals surface area contributed by atoms with Crippen LogP contribution in [0.1, 0.15) is 29.4 Å². The minimum atomic E-state index is -4.60. The number of halogens is 4. The van der Waals surface area contributed by atoms with Gasteiger partial charge < -0.3 is 15.4 Å². The lowest BCUT2D eigenvalue weighted by molar-refractivity contribution is -0.137. The number of H-pyrrole nitrogens is 1. The lowest BCUT2D eigenvalue weighted by Crippen LogP contribution is -2.14. The number of carbonyl (C=O) groups excluding carboxylic acids is 2. The van der Waals surface area contributed by atoms with Gasteiger partial charge in [-0.05, 0) is 36.4 Å². The van der Waals surface area contributed by atoms with Gasteiger partial charge in [0.05, 0.1) is 16.8 Å². The zero-order valence-electron chi connectivity index (χ0n) is 18.0. The molecule has 12 heteroatoms. The quantitative estimate of drug-likeness (QED) is 0.311. The van der Waals surface area contributed by atoms with Crippen LogP contribution in [-0.2, 0) is 11.0 Å². The molecule has 4 aromatic rings. The van der Waals surface area contributed by atoms with Gasteiger partial charge in [0.25, 0.3) is 5.91 Å². The highest BCUT2D eigenvalue weighted by molar-refractivity contribution is 6.11. The molecule has 180 valence electrons. The Bertz CT molecular complexity index is 1420. The van der Waals surface area contributed by atoms with Crippen LogP contribution in [-0.4, -0.2) is 27.0 Å². The summed E-state index contributed by atoms with van der Waals surface area (Å²) in [7, 11) is 0. The van der Waals surface area contributed by atoms with Crippen LogP contribution in [0.25, 0.3) is 10.9 Å². The van der Waals surface area contributed by atoms with Crippen molar-refractivity contribution in [2.24, 2.45) is 0 Å². The van der Waals surface area contributed by atoms with Crippen LogP contribution in [0.3, 0.4) is 0 Å². The number of hydrogen-bond donors (Lipinski definition) is 3. The van der Waals surface area contributed by atoms with Crippen molar-refractivity contribution in [3.05, 3.63) is 71.8 Å². The number of ether oxygens (including phenoxy) is 1. The number of hydrogen-bond acceptors (Lipinski definition) is 5. The molecule has 2 aromatic heterocycles. The van der Waals surface area contributed by atoms with E-state index < -0.39 is 23.5 Å². The van der Waals surface area contributed by atoms with E-state index in [0.717, 1.165) is 24.3 Å². The second-order valence-electron chi connectivity index (χ2n) is 7.31. The molecule has 0 atom stereocenters. The molecule has 0 aliphatic heterocycles. The van der Waals surface area contributed by atoms with Crippen molar-refractivity contribution in [2.45, 2.75) is 19.5 Å². The zero-order valence-corrected chi connectivity index (χ0v) is 18.0. The average molecular weight is 487 g/mol. The van der Waals surface area contributed by atoms with Crippen molar-refractivity contribution in [3.63, 3.8) is 0 Å². The molecule has 0 radical (unpaired) electrons. The van der Waals surface area contributed by atoms with Crippen LogP contribution >= 0.6 is 0 Å². The number of amides is 2. The molecular formula is C23H17F4N5O3. The molecule has 4 rings (SSSR count). The van der Waals surface area contributed by atoms with Gasteiger partial charge in [-0.3, -0.25) is 14.7 Å². The third-order valence-corrected chi connectivity index (χ3v) is 4.85. The molecule has 0 spiro atoms. The minimum Gasteiger partial charge on any atom is -0.457 e. The number of aromatic nitrogens is 3. The summed E-state index contributed by atoms with van der Waals surface area (Å²) in [5, 5.41) is 11.1. The molecule has 0 fully saturated rings. The van der Waals surface area contributed by atoms with E-state index in [-0.39, 0.29) is 51.9 Å². The summed E-state index contributed by atoms with van der Waals surface area (Å²) in [6.07, 6.45) is -2.93. The molecule has 0 saturated heterocycles. The fourth-order valence-electron chi connectivity index (χ4n) is 3.12. The van der Waals surface area contributed by atoms with Crippen LogP contribution < -0.4 is 15.4 Å². The van der Waals surface area contributed by atoms with Gasteiger partial charge in [0.15, 0.2) is 5.69 Å². The van der Waals surface area contributed by atoms with Crippen molar-refractivity contribution in [2.75, 3.05) is 10.6 Å². The third kappa shape index (κ3) is 5.37. The largest absolute Gasteiger partial charge is 0.457 e. The molecule has 2 heterocycles. The first-order chi connectivity index (χ1) is 16.6. The van der Waals surface area contributed by atoms with E-state index in [4.69, 9.17) is 4.74 Å². The van der Waals surface area contributed by atoms with Crippen molar-refractivity contribution in [1.82, 2.24) is 15.2 Å². The fraction of sp³-hybridized carbons (Fsp3) is 0.130. The van der Waals surface area contributed by atoms with Gasteiger partial charge in [-0.15, -0.1) is 0 Å². The molecule has 0 unspecified atom stereocenters. The summed E-state index contributed by atoms with van der Waals surface area (Å²) in [4.78, 5) is 28.1. The average Bonchev–Trinajstić information content (AvgIpc) is 3.24. The first-order valence-electron chi connectivity index (χ1n) is 10.2. The maximum atomic E-state index is 14.6. The van der Waals surface area contributed by atoms with Crippen molar-refractivity contribution in [3.8, 4) is 11.5 Å². The standard InChI is InChI=1S/C23H17F4N5O3/c1-2-20(33)30-19-11-14(7-8-28-19)35-13-4-6-18(16(24)10-13)29-22(34)21-15-9-12(23(25,26)27)3-5-17(15)31-32-21/h3-11H,2H2,1H3,(H,29,34)(H,31,32)(H,28,30,33). The highest BCUT2D eigenvalue weighted by atomic mass is 19.4. The molecule has 0 aliphatic rings. The number of alkyl halides is 3. The van der Waals surface area contributed by atoms with Gasteiger partial charge in [0.1, 0.15) is 23.1 Å². The smallest absolute Gasteiger partial charge is 0.416 e. The number of carbonyl (C=O) groups is 2. The summed E-state index contributed by atoms with van der Waals surface area (Å²) >= 11 is 0. The van der Waals surface area contributed by atoms with Crippen LogP contribution in [0.2, 0.25) is 0 Å². The van der Waals surface area contributed by atoms with Crippen molar-refractivity contribution >= 4 is 34.2 Å². The molecule has 2 aromatic carbocycles. The van der Waals surface area contributed by atoms with Crippen LogP contribution in [0.5, 0.6) is 11.5 Å². The van der Waals surface area contributed by atoms with Crippen molar-refractivity contribution < 1.29 is 31.9 Å². The minimum absolute atomic E-state index is 0.0543. The molecule has 0 saturated carbocycles. The van der Waals surface area contributed by atoms with E-state index in [9.17, 15) is 27.2 Å². The first kappa shape index (κ1) is 23.7. The van der Waals surface area contributed by atoms with Gasteiger partial charge in [0, 0.05) is 30.1 Å². The Morgan fingerprint density at radius 1 is 1.03 bits per heavy atom. The maximum absolute atomic E-state index is 14.6. The maximum Gasteiger partial charge on any atom is 0.416 e. The number of nitrogens with zero attached hydrogens (tertiary/aromatic N) is 2. The number of fused-ring (bicyclic) bond motifs is 1. The molecule has 35 heavy (non-hydrogen) atoms. The topological polar surface area (TPSA) is 109 Å². The number of pyridine rings is 1. The Hall–Kier alpha value is -4.48. The second-order valence-corrected chi connectivity index (χ2v) is 7.31. The Morgan fingerprint density at radius 2 is 1.80 bits per heavy atom. The zero-order chi connectivity index (χ0) is 25.2. The van der Waals surface area contributed by atoms with Crippen LogP contribution in [0.4, 0.5) is 29.1 Å². The summed E-state index contributed by atoms with van der Waals surface area (Å²) in [6, 6.07) is 9.42. The lowest BCUT2D eigenvalue weighted by Gasteiger charge is -2.10. The molecule has 3 N–H and O–H groups in total. The van der Waals surface area contributed by atoms with Gasteiger partial charge >= 0.3 is 6.18 Å². The summed E-state index contributed by atoms with van der Waals surface area (Å²) < 4.78 is 59.3. The van der Waals surface area contributed by atoms with E-state index >= 15 is 0 Å². The van der Waals surface area contributed by atoms with E-state index in [1.54, 1.807) is 6.92 Å². The fourth-order valence-corrected chi connectivity index (χ4v) is 3.12. The number of benzene rings is 2. The molecule has 0 aliphatic carbocycles. The molecule has 0 bridgehead atoms. The Balaban J connectivity index is 1.50. The van der Waals surface area contributed by atoms with Crippen LogP contribution in [0, 0.1) is 5.82 Å². The molecular weight excluding hydrogens is 470 g/mol. The molecule has 8 nitrogen and oxygen atoms in total. The number of rotatable bonds is 6. The van der Waals surface area contributed by atoms with Gasteiger partial charge in [-0.1, -0.05) is 6.92 Å². The van der Waals surface area contributed by atoms with E-state index in [1.807, 2.05) is 0 Å². The predicted octanol–water partition coefficient (Wildman–Crippen LogP) is 5.51. The van der Waals surface area contributed by atoms with E-state index in [2.05, 4.69) is 25.8 Å². The van der Waals surface area contributed by atoms with E-state index in [0.29, 0.717) is 0 Å². The third-order valence-electron chi connectivity index (χ3n) is 4.85. The lowest BCUT2D eigenvalue weighted by atomic mass is 10.1. The molecule has 2 amide bonds. The van der Waals surface area contributed by atoms with Gasteiger partial charge in [-0.25, -0.2) is 9.37 Å². The monoisotopic (exact) mass is 487 g/mol. The number of anilines is 2. The normalized spacial score (nSPS) is 11.3. The Kier molecular flexibility index (Phi) is 6.36. The Labute approximate surface area is 195 Å². The van der Waals surface area contributed by atoms with E-state index in [1.165, 1.54) is 30.5 Å².